The minimum absolute atomic E-state index is 0.658. The summed E-state index contributed by atoms with van der Waals surface area (Å²) in [6, 6.07) is 0. The first-order valence-electron chi connectivity index (χ1n) is 7.85. The Morgan fingerprint density at radius 2 is 1.76 bits per heavy atom. The van der Waals surface area contributed by atoms with E-state index in [2.05, 4.69) is 35.0 Å². The number of hydrogen-bond acceptors (Lipinski definition) is 0. The highest BCUT2D eigenvalue weighted by Gasteiger charge is 2.56. The number of fused-ring (bicyclic) bond motifs is 2. The maximum Gasteiger partial charge on any atom is 0.118 e. The van der Waals surface area contributed by atoms with Gasteiger partial charge in [-0.05, 0) is 35.5 Å². The van der Waals surface area contributed by atoms with Crippen molar-refractivity contribution in [2.24, 2.45) is 29.1 Å². The van der Waals surface area contributed by atoms with Crippen molar-refractivity contribution in [3.8, 4) is 0 Å². The van der Waals surface area contributed by atoms with Gasteiger partial charge in [-0.3, -0.25) is 0 Å². The van der Waals surface area contributed by atoms with Gasteiger partial charge in [0.25, 0.3) is 0 Å². The predicted molar refractivity (Wildman–Crippen MR) is 75.4 cm³/mol. The summed E-state index contributed by atoms with van der Waals surface area (Å²) >= 11 is 0. The molecule has 0 aliphatic heterocycles. The van der Waals surface area contributed by atoms with E-state index in [0.717, 1.165) is 35.3 Å². The molecule has 1 heteroatoms. The average Bonchev–Trinajstić information content (AvgIpc) is 2.66. The largest absolute Gasteiger partial charge is 0.118 e. The molecule has 4 rings (SSSR count). The molecule has 0 N–H and O–H groups in total. The van der Waals surface area contributed by atoms with Gasteiger partial charge in [0.1, 0.15) is 7.28 Å². The van der Waals surface area contributed by atoms with E-state index in [1.807, 2.05) is 0 Å². The van der Waals surface area contributed by atoms with Crippen molar-refractivity contribution in [1.82, 2.24) is 0 Å². The fourth-order valence-electron chi connectivity index (χ4n) is 5.22. The van der Waals surface area contributed by atoms with Crippen molar-refractivity contribution in [2.75, 3.05) is 0 Å². The van der Waals surface area contributed by atoms with E-state index >= 15 is 0 Å². The van der Waals surface area contributed by atoms with Crippen molar-refractivity contribution >= 4 is 7.28 Å². The molecule has 0 unspecified atom stereocenters. The van der Waals surface area contributed by atoms with Gasteiger partial charge < -0.3 is 0 Å². The molecule has 95 valence electrons. The van der Waals surface area contributed by atoms with E-state index in [0.29, 0.717) is 5.41 Å². The van der Waals surface area contributed by atoms with E-state index in [1.165, 1.54) is 32.1 Å². The first-order chi connectivity index (χ1) is 8.00. The van der Waals surface area contributed by atoms with E-state index in [9.17, 15) is 0 Å². The standard InChI is InChI=1S/C16H28B/c1-10-6-5-7-14(10)17-15-9-12-8-13(11(15)2)16(12,3)4/h10-15H,5-9H2,1-4H3/t10-,11+,12-,13+,14-,15+/m0/s1. The number of rotatable bonds is 2. The summed E-state index contributed by atoms with van der Waals surface area (Å²) in [5, 5.41) is 0. The van der Waals surface area contributed by atoms with Crippen LogP contribution in [0.1, 0.15) is 59.8 Å². The van der Waals surface area contributed by atoms with Crippen LogP contribution in [-0.4, -0.2) is 7.28 Å². The molecule has 17 heavy (non-hydrogen) atoms. The third-order valence-corrected chi connectivity index (χ3v) is 6.84. The summed E-state index contributed by atoms with van der Waals surface area (Å²) in [5.41, 5.74) is 0.658. The zero-order valence-corrected chi connectivity index (χ0v) is 12.1. The van der Waals surface area contributed by atoms with E-state index in [4.69, 9.17) is 0 Å². The Labute approximate surface area is 108 Å². The molecule has 4 saturated carbocycles. The van der Waals surface area contributed by atoms with Crippen LogP contribution in [0.4, 0.5) is 0 Å². The molecule has 4 fully saturated rings. The Morgan fingerprint density at radius 3 is 2.29 bits per heavy atom. The van der Waals surface area contributed by atoms with Crippen LogP contribution in [-0.2, 0) is 0 Å². The molecule has 4 aliphatic carbocycles. The average molecular weight is 231 g/mol. The highest BCUT2D eigenvalue weighted by molar-refractivity contribution is 6.40. The lowest BCUT2D eigenvalue weighted by atomic mass is 9.35. The summed E-state index contributed by atoms with van der Waals surface area (Å²) in [5.74, 6) is 5.84. The molecule has 2 bridgehead atoms. The van der Waals surface area contributed by atoms with Crippen LogP contribution in [0.25, 0.3) is 0 Å². The van der Waals surface area contributed by atoms with Crippen LogP contribution in [0.2, 0.25) is 11.6 Å². The molecule has 6 atom stereocenters. The lowest BCUT2D eigenvalue weighted by Gasteiger charge is -2.62. The van der Waals surface area contributed by atoms with Crippen LogP contribution in [0.3, 0.4) is 0 Å². The molecule has 0 aromatic heterocycles. The van der Waals surface area contributed by atoms with Gasteiger partial charge in [-0.15, -0.1) is 0 Å². The summed E-state index contributed by atoms with van der Waals surface area (Å²) in [6.07, 6.45) is 7.44. The smallest absolute Gasteiger partial charge is 0.0660 e. The van der Waals surface area contributed by atoms with Crippen LogP contribution < -0.4 is 0 Å². The van der Waals surface area contributed by atoms with Crippen molar-refractivity contribution in [3.05, 3.63) is 0 Å². The highest BCUT2D eigenvalue weighted by Crippen LogP contribution is 2.65. The van der Waals surface area contributed by atoms with E-state index < -0.39 is 0 Å². The second-order valence-corrected chi connectivity index (χ2v) is 7.88. The minimum atomic E-state index is 0.658. The third-order valence-electron chi connectivity index (χ3n) is 6.84. The SMILES string of the molecule is C[C@H]1[C@H]([B][C@H]2CCC[C@@H]2C)C[C@@H]2C[C@H]1C2(C)C. The molecule has 0 nitrogen and oxygen atoms in total. The molecular formula is C16H28B. The molecule has 4 aliphatic rings. The predicted octanol–water partition coefficient (Wildman–Crippen LogP) is 4.79. The molecule has 0 amide bonds. The Balaban J connectivity index is 1.63. The zero-order valence-electron chi connectivity index (χ0n) is 12.1. The summed E-state index contributed by atoms with van der Waals surface area (Å²) in [6.45, 7) is 10.0. The van der Waals surface area contributed by atoms with E-state index in [-0.39, 0.29) is 0 Å². The second-order valence-electron chi connectivity index (χ2n) is 7.88. The quantitative estimate of drug-likeness (QED) is 0.599. The fraction of sp³-hybridized carbons (Fsp3) is 1.00. The van der Waals surface area contributed by atoms with Crippen LogP contribution in [0.5, 0.6) is 0 Å². The summed E-state index contributed by atoms with van der Waals surface area (Å²) < 4.78 is 0. The van der Waals surface area contributed by atoms with Crippen molar-refractivity contribution in [1.29, 1.82) is 0 Å². The molecule has 0 saturated heterocycles. The van der Waals surface area contributed by atoms with Gasteiger partial charge in [-0.25, -0.2) is 0 Å². The Kier molecular flexibility index (Phi) is 2.87. The molecule has 0 spiro atoms. The van der Waals surface area contributed by atoms with Gasteiger partial charge in [0.2, 0.25) is 0 Å². The molecule has 1 radical (unpaired) electrons. The van der Waals surface area contributed by atoms with Crippen LogP contribution in [0.15, 0.2) is 0 Å². The van der Waals surface area contributed by atoms with Gasteiger partial charge in [0.15, 0.2) is 0 Å². The Bertz CT molecular complexity index is 296. The van der Waals surface area contributed by atoms with Crippen molar-refractivity contribution in [2.45, 2.75) is 71.4 Å². The minimum Gasteiger partial charge on any atom is -0.0660 e. The maximum absolute atomic E-state index is 2.79. The van der Waals surface area contributed by atoms with Gasteiger partial charge in [0.05, 0.1) is 0 Å². The van der Waals surface area contributed by atoms with Crippen molar-refractivity contribution in [3.63, 3.8) is 0 Å². The molecule has 0 heterocycles. The normalized spacial score (nSPS) is 52.0. The molecule has 0 aromatic carbocycles. The number of hydrogen-bond donors (Lipinski definition) is 0. The van der Waals surface area contributed by atoms with Gasteiger partial charge in [-0.2, -0.15) is 0 Å². The Morgan fingerprint density at radius 1 is 1.00 bits per heavy atom. The lowest BCUT2D eigenvalue weighted by Crippen LogP contribution is -2.54. The van der Waals surface area contributed by atoms with Crippen molar-refractivity contribution < 1.29 is 0 Å². The zero-order chi connectivity index (χ0) is 12.2. The third kappa shape index (κ3) is 1.80. The van der Waals surface area contributed by atoms with Gasteiger partial charge in [0, 0.05) is 0 Å². The maximum atomic E-state index is 2.79. The first-order valence-corrected chi connectivity index (χ1v) is 7.85. The molecular weight excluding hydrogens is 203 g/mol. The van der Waals surface area contributed by atoms with Gasteiger partial charge >= 0.3 is 0 Å². The summed E-state index contributed by atoms with van der Waals surface area (Å²) in [7, 11) is 2.79. The highest BCUT2D eigenvalue weighted by atomic mass is 14.6. The van der Waals surface area contributed by atoms with Gasteiger partial charge in [-0.1, -0.05) is 65.0 Å². The van der Waals surface area contributed by atoms with Crippen LogP contribution >= 0.6 is 0 Å². The fourth-order valence-corrected chi connectivity index (χ4v) is 5.22. The van der Waals surface area contributed by atoms with E-state index in [1.54, 1.807) is 0 Å². The monoisotopic (exact) mass is 231 g/mol. The topological polar surface area (TPSA) is 0 Å². The second kappa shape index (κ2) is 4.03. The van der Waals surface area contributed by atoms with Crippen LogP contribution in [0, 0.1) is 29.1 Å². The summed E-state index contributed by atoms with van der Waals surface area (Å²) in [4.78, 5) is 0. The Hall–Kier alpha value is 0.0649. The molecule has 0 aromatic rings. The first kappa shape index (κ1) is 12.1. The lowest BCUT2D eigenvalue weighted by molar-refractivity contribution is -0.0987.